The third-order valence-corrected chi connectivity index (χ3v) is 3.94. The second kappa shape index (κ2) is 5.25. The van der Waals surface area contributed by atoms with Crippen molar-refractivity contribution in [2.75, 3.05) is 6.61 Å². The van der Waals surface area contributed by atoms with E-state index in [0.29, 0.717) is 5.92 Å². The van der Waals surface area contributed by atoms with Crippen LogP contribution in [0, 0.1) is 5.92 Å². The Bertz CT molecular complexity index is 572. The maximum absolute atomic E-state index is 5.82. The zero-order valence-electron chi connectivity index (χ0n) is 11.0. The van der Waals surface area contributed by atoms with Crippen molar-refractivity contribution in [2.24, 2.45) is 11.8 Å². The summed E-state index contributed by atoms with van der Waals surface area (Å²) in [5.74, 6) is 6.25. The molecule has 1 aromatic carbocycles. The summed E-state index contributed by atoms with van der Waals surface area (Å²) in [7, 11) is 0. The molecule has 0 aliphatic carbocycles. The van der Waals surface area contributed by atoms with Gasteiger partial charge in [0.25, 0.3) is 0 Å². The van der Waals surface area contributed by atoms with Crippen molar-refractivity contribution in [1.29, 1.82) is 0 Å². The minimum absolute atomic E-state index is 0.0175. The Morgan fingerprint density at radius 2 is 2.32 bits per heavy atom. The largest absolute Gasteiger partial charge is 0.376 e. The van der Waals surface area contributed by atoms with E-state index in [1.165, 1.54) is 0 Å². The van der Waals surface area contributed by atoms with Gasteiger partial charge in [-0.25, -0.2) is 0 Å². The minimum atomic E-state index is 0.0175. The van der Waals surface area contributed by atoms with E-state index >= 15 is 0 Å². The predicted molar refractivity (Wildman–Crippen MR) is 75.3 cm³/mol. The molecule has 0 amide bonds. The van der Waals surface area contributed by atoms with Crippen molar-refractivity contribution >= 4 is 10.9 Å². The van der Waals surface area contributed by atoms with Crippen LogP contribution in [0.5, 0.6) is 0 Å². The average Bonchev–Trinajstić information content (AvgIpc) is 2.86. The van der Waals surface area contributed by atoms with Gasteiger partial charge < -0.3 is 4.74 Å². The molecule has 2 aromatic rings. The lowest BCUT2D eigenvalue weighted by atomic mass is 9.92. The first-order valence-electron chi connectivity index (χ1n) is 6.72. The van der Waals surface area contributed by atoms with Crippen molar-refractivity contribution in [3.05, 3.63) is 42.1 Å². The van der Waals surface area contributed by atoms with E-state index in [9.17, 15) is 0 Å². The summed E-state index contributed by atoms with van der Waals surface area (Å²) < 4.78 is 5.82. The van der Waals surface area contributed by atoms with Crippen molar-refractivity contribution in [1.82, 2.24) is 10.4 Å². The molecule has 1 aliphatic rings. The van der Waals surface area contributed by atoms with E-state index in [4.69, 9.17) is 10.6 Å². The molecule has 4 nitrogen and oxygen atoms in total. The van der Waals surface area contributed by atoms with E-state index in [2.05, 4.69) is 41.6 Å². The molecule has 3 atom stereocenters. The van der Waals surface area contributed by atoms with Crippen LogP contribution < -0.4 is 11.3 Å². The van der Waals surface area contributed by atoms with Crippen molar-refractivity contribution < 1.29 is 4.74 Å². The molecule has 0 spiro atoms. The number of nitrogens with one attached hydrogen (secondary N) is 1. The summed E-state index contributed by atoms with van der Waals surface area (Å²) in [6.07, 6.45) is 3.03. The number of aromatic nitrogens is 1. The smallest absolute Gasteiger partial charge is 0.0808 e. The topological polar surface area (TPSA) is 60.2 Å². The maximum atomic E-state index is 5.82. The summed E-state index contributed by atoms with van der Waals surface area (Å²) in [4.78, 5) is 4.39. The number of pyridine rings is 1. The standard InChI is InChI=1S/C15H19N3O/c1-10-6-8-19-15(10)14(18-16)12-5-4-11-3-2-7-17-13(11)9-12/h2-5,7,9-10,14-15,18H,6,8,16H2,1H3. The molecule has 19 heavy (non-hydrogen) atoms. The fourth-order valence-electron chi connectivity index (χ4n) is 2.80. The monoisotopic (exact) mass is 257 g/mol. The first-order chi connectivity index (χ1) is 9.29. The predicted octanol–water partition coefficient (Wildman–Crippen LogP) is 2.16. The SMILES string of the molecule is CC1CCOC1C(NN)c1ccc2cccnc2c1. The minimum Gasteiger partial charge on any atom is -0.376 e. The Kier molecular flexibility index (Phi) is 3.46. The normalized spacial score (nSPS) is 24.7. The van der Waals surface area contributed by atoms with E-state index in [-0.39, 0.29) is 12.1 Å². The Labute approximate surface area is 112 Å². The molecule has 4 heteroatoms. The summed E-state index contributed by atoms with van der Waals surface area (Å²) in [5.41, 5.74) is 5.03. The number of nitrogens with two attached hydrogens (primary N) is 1. The maximum Gasteiger partial charge on any atom is 0.0808 e. The third kappa shape index (κ3) is 2.34. The van der Waals surface area contributed by atoms with Gasteiger partial charge in [0.2, 0.25) is 0 Å². The summed E-state index contributed by atoms with van der Waals surface area (Å²) in [6.45, 7) is 3.02. The Hall–Kier alpha value is -1.49. The van der Waals surface area contributed by atoms with Crippen LogP contribution in [-0.4, -0.2) is 17.7 Å². The molecule has 1 aliphatic heterocycles. The Morgan fingerprint density at radius 1 is 1.42 bits per heavy atom. The molecule has 0 bridgehead atoms. The van der Waals surface area contributed by atoms with Crippen LogP contribution in [0.2, 0.25) is 0 Å². The quantitative estimate of drug-likeness (QED) is 0.653. The number of hydrogen-bond acceptors (Lipinski definition) is 4. The van der Waals surface area contributed by atoms with E-state index < -0.39 is 0 Å². The van der Waals surface area contributed by atoms with E-state index in [0.717, 1.165) is 29.5 Å². The number of hydrogen-bond donors (Lipinski definition) is 2. The number of rotatable bonds is 3. The number of hydrazine groups is 1. The molecule has 0 radical (unpaired) electrons. The third-order valence-electron chi connectivity index (χ3n) is 3.94. The van der Waals surface area contributed by atoms with Crippen LogP contribution in [0.3, 0.4) is 0 Å². The zero-order chi connectivity index (χ0) is 13.2. The number of nitrogens with zero attached hydrogens (tertiary/aromatic N) is 1. The highest BCUT2D eigenvalue weighted by molar-refractivity contribution is 5.79. The molecule has 1 saturated heterocycles. The fourth-order valence-corrected chi connectivity index (χ4v) is 2.80. The summed E-state index contributed by atoms with van der Waals surface area (Å²) >= 11 is 0. The first-order valence-corrected chi connectivity index (χ1v) is 6.72. The van der Waals surface area contributed by atoms with Crippen LogP contribution in [-0.2, 0) is 4.74 Å². The van der Waals surface area contributed by atoms with Crippen LogP contribution in [0.15, 0.2) is 36.5 Å². The lowest BCUT2D eigenvalue weighted by molar-refractivity contribution is 0.0608. The number of ether oxygens (including phenoxy) is 1. The highest BCUT2D eigenvalue weighted by Crippen LogP contribution is 2.31. The lowest BCUT2D eigenvalue weighted by Gasteiger charge is -2.26. The Balaban J connectivity index is 1.96. The summed E-state index contributed by atoms with van der Waals surface area (Å²) in [6, 6.07) is 10.3. The van der Waals surface area contributed by atoms with Gasteiger partial charge in [-0.3, -0.25) is 16.3 Å². The fraction of sp³-hybridized carbons (Fsp3) is 0.400. The molecule has 100 valence electrons. The summed E-state index contributed by atoms with van der Waals surface area (Å²) in [5, 5.41) is 1.14. The zero-order valence-corrected chi connectivity index (χ0v) is 11.0. The average molecular weight is 257 g/mol. The van der Waals surface area contributed by atoms with Gasteiger partial charge in [0.15, 0.2) is 0 Å². The molecule has 3 rings (SSSR count). The first kappa shape index (κ1) is 12.5. The second-order valence-corrected chi connectivity index (χ2v) is 5.20. The van der Waals surface area contributed by atoms with Gasteiger partial charge in [-0.2, -0.15) is 0 Å². The molecular weight excluding hydrogens is 238 g/mol. The molecule has 1 aromatic heterocycles. The lowest BCUT2D eigenvalue weighted by Crippen LogP contribution is -2.38. The van der Waals surface area contributed by atoms with Crippen LogP contribution >= 0.6 is 0 Å². The van der Waals surface area contributed by atoms with Crippen molar-refractivity contribution in [3.8, 4) is 0 Å². The van der Waals surface area contributed by atoms with Gasteiger partial charge in [0.1, 0.15) is 0 Å². The van der Waals surface area contributed by atoms with Crippen molar-refractivity contribution in [2.45, 2.75) is 25.5 Å². The van der Waals surface area contributed by atoms with Crippen LogP contribution in [0.25, 0.3) is 10.9 Å². The highest BCUT2D eigenvalue weighted by atomic mass is 16.5. The van der Waals surface area contributed by atoms with Crippen LogP contribution in [0.1, 0.15) is 24.9 Å². The molecule has 2 heterocycles. The van der Waals surface area contributed by atoms with Gasteiger partial charge in [-0.15, -0.1) is 0 Å². The Morgan fingerprint density at radius 3 is 3.05 bits per heavy atom. The second-order valence-electron chi connectivity index (χ2n) is 5.20. The highest BCUT2D eigenvalue weighted by Gasteiger charge is 2.32. The van der Waals surface area contributed by atoms with Gasteiger partial charge in [0.05, 0.1) is 17.7 Å². The van der Waals surface area contributed by atoms with Gasteiger partial charge in [-0.05, 0) is 30.0 Å². The molecule has 1 fully saturated rings. The van der Waals surface area contributed by atoms with Gasteiger partial charge >= 0.3 is 0 Å². The number of fused-ring (bicyclic) bond motifs is 1. The molecular formula is C15H19N3O. The van der Waals surface area contributed by atoms with Crippen LogP contribution in [0.4, 0.5) is 0 Å². The molecule has 0 saturated carbocycles. The van der Waals surface area contributed by atoms with Crippen molar-refractivity contribution in [3.63, 3.8) is 0 Å². The van der Waals surface area contributed by atoms with E-state index in [1.54, 1.807) is 0 Å². The molecule has 3 unspecified atom stereocenters. The number of benzene rings is 1. The van der Waals surface area contributed by atoms with E-state index in [1.807, 2.05) is 12.3 Å². The van der Waals surface area contributed by atoms with Gasteiger partial charge in [0, 0.05) is 18.2 Å². The molecule has 3 N–H and O–H groups in total. The van der Waals surface area contributed by atoms with Gasteiger partial charge in [-0.1, -0.05) is 25.1 Å².